The van der Waals surface area contributed by atoms with Crippen LogP contribution in [-0.4, -0.2) is 74.8 Å². The molecule has 384 valence electrons. The number of unbranched alkanes of at least 4 members (excludes halogenated alkanes) is 28. The summed E-state index contributed by atoms with van der Waals surface area (Å²) in [4.78, 5) is -0.139. The van der Waals surface area contributed by atoms with Gasteiger partial charge in [-0.25, -0.2) is 16.8 Å². The van der Waals surface area contributed by atoms with E-state index < -0.39 is 20.2 Å². The standard InChI is InChI=1S/2C30H48O3S.Ba/c2*1-3-5-7-9-11-13-15-17-19-26-21-23-28-27(20-18-16-14-12-10-8-6-4-2)22-24-30(29(28)25-26)34(31,32)33;/h2*21-25H,3-20H2,1-2H3,(H,31,32,33);/q;;+2/p-2. The van der Waals surface area contributed by atoms with Crippen LogP contribution < -0.4 is 0 Å². The Hall–Kier alpha value is -1.21. The summed E-state index contributed by atoms with van der Waals surface area (Å²) in [7, 11) is -8.99. The van der Waals surface area contributed by atoms with Crippen molar-refractivity contribution in [3.8, 4) is 0 Å². The summed E-state index contributed by atoms with van der Waals surface area (Å²) < 4.78 is 71.6. The Morgan fingerprint density at radius 3 is 0.812 bits per heavy atom. The fourth-order valence-electron chi connectivity index (χ4n) is 9.87. The average Bonchev–Trinajstić information content (AvgIpc) is 3.31. The monoisotopic (exact) mass is 1110 g/mol. The molecule has 0 aliphatic carbocycles. The molecule has 4 aromatic carbocycles. The van der Waals surface area contributed by atoms with Crippen molar-refractivity contribution < 1.29 is 25.9 Å². The van der Waals surface area contributed by atoms with Gasteiger partial charge in [0, 0.05) is 0 Å². The molecule has 0 amide bonds. The van der Waals surface area contributed by atoms with Crippen LogP contribution in [0.4, 0.5) is 0 Å². The van der Waals surface area contributed by atoms with Gasteiger partial charge in [-0.3, -0.25) is 0 Å². The van der Waals surface area contributed by atoms with E-state index in [4.69, 9.17) is 0 Å². The number of fused-ring (bicyclic) bond motifs is 2. The van der Waals surface area contributed by atoms with E-state index in [9.17, 15) is 25.9 Å². The van der Waals surface area contributed by atoms with E-state index in [0.717, 1.165) is 84.4 Å². The number of benzene rings is 4. The van der Waals surface area contributed by atoms with E-state index in [1.807, 2.05) is 36.4 Å². The molecule has 0 atom stereocenters. The summed E-state index contributed by atoms with van der Waals surface area (Å²) in [5.74, 6) is 0. The molecule has 0 unspecified atom stereocenters. The van der Waals surface area contributed by atoms with Crippen molar-refractivity contribution in [3.63, 3.8) is 0 Å². The fourth-order valence-corrected chi connectivity index (χ4v) is 11.2. The van der Waals surface area contributed by atoms with Crippen LogP contribution in [0.15, 0.2) is 70.5 Å². The van der Waals surface area contributed by atoms with Crippen molar-refractivity contribution in [2.24, 2.45) is 0 Å². The fraction of sp³-hybridized carbons (Fsp3) is 0.667. The summed E-state index contributed by atoms with van der Waals surface area (Å²) in [5, 5.41) is 3.09. The van der Waals surface area contributed by atoms with Crippen LogP contribution in [0.1, 0.15) is 255 Å². The van der Waals surface area contributed by atoms with Gasteiger partial charge in [-0.2, -0.15) is 0 Å². The summed E-state index contributed by atoms with van der Waals surface area (Å²) in [6.45, 7) is 8.97. The van der Waals surface area contributed by atoms with Gasteiger partial charge in [-0.05, 0) is 119 Å². The van der Waals surface area contributed by atoms with Crippen molar-refractivity contribution in [1.82, 2.24) is 0 Å². The Morgan fingerprint density at radius 1 is 0.304 bits per heavy atom. The van der Waals surface area contributed by atoms with Crippen LogP contribution in [-0.2, 0) is 45.9 Å². The summed E-state index contributed by atoms with van der Waals surface area (Å²) in [6.07, 6.45) is 44.4. The van der Waals surface area contributed by atoms with Gasteiger partial charge in [-0.1, -0.05) is 244 Å². The van der Waals surface area contributed by atoms with Gasteiger partial charge in [-0.15, -0.1) is 0 Å². The van der Waals surface area contributed by atoms with Crippen LogP contribution in [0.3, 0.4) is 0 Å². The molecule has 0 N–H and O–H groups in total. The molecule has 0 aliphatic rings. The molecule has 69 heavy (non-hydrogen) atoms. The Balaban J connectivity index is 0.000000467. The van der Waals surface area contributed by atoms with Gasteiger partial charge in [0.25, 0.3) is 0 Å². The summed E-state index contributed by atoms with van der Waals surface area (Å²) in [6, 6.07) is 19.0. The number of hydrogen-bond acceptors (Lipinski definition) is 6. The van der Waals surface area contributed by atoms with Crippen LogP contribution in [0, 0.1) is 0 Å². The smallest absolute Gasteiger partial charge is 0.744 e. The van der Waals surface area contributed by atoms with E-state index >= 15 is 0 Å². The molecule has 0 heterocycles. The molecule has 9 heteroatoms. The maximum absolute atomic E-state index is 11.9. The molecule has 0 saturated carbocycles. The molecule has 0 bridgehead atoms. The van der Waals surface area contributed by atoms with Crippen molar-refractivity contribution in [3.05, 3.63) is 82.9 Å². The third kappa shape index (κ3) is 26.5. The van der Waals surface area contributed by atoms with Crippen LogP contribution in [0.5, 0.6) is 0 Å². The molecule has 0 fully saturated rings. The minimum absolute atomic E-state index is 0. The van der Waals surface area contributed by atoms with Crippen LogP contribution >= 0.6 is 0 Å². The van der Waals surface area contributed by atoms with E-state index in [1.165, 1.54) is 192 Å². The molecular weight excluding hydrogens is 1020 g/mol. The molecule has 0 saturated heterocycles. The third-order valence-electron chi connectivity index (χ3n) is 14.0. The minimum Gasteiger partial charge on any atom is -0.744 e. The number of hydrogen-bond donors (Lipinski definition) is 0. The van der Waals surface area contributed by atoms with E-state index in [-0.39, 0.29) is 58.7 Å². The Bertz CT molecular complexity index is 2030. The second-order valence-electron chi connectivity index (χ2n) is 20.0. The largest absolute Gasteiger partial charge is 2.00 e. The molecule has 0 aromatic heterocycles. The SMILES string of the molecule is CCCCCCCCCCc1ccc2c(CCCCCCCCCC)ccc(S(=O)(=O)[O-])c2c1.CCCCCCCCCCc1ccc2c(CCCCCCCCCC)ccc(S(=O)(=O)[O-])c2c1.[Ba+2]. The Kier molecular flexibility index (Phi) is 35.5. The van der Waals surface area contributed by atoms with Crippen LogP contribution in [0.2, 0.25) is 0 Å². The molecule has 6 nitrogen and oxygen atoms in total. The Morgan fingerprint density at radius 2 is 0.551 bits per heavy atom. The van der Waals surface area contributed by atoms with Gasteiger partial charge in [0.05, 0.1) is 9.79 Å². The van der Waals surface area contributed by atoms with Crippen molar-refractivity contribution in [1.29, 1.82) is 0 Å². The zero-order valence-electron chi connectivity index (χ0n) is 44.2. The summed E-state index contributed by atoms with van der Waals surface area (Å²) >= 11 is 0. The number of rotatable bonds is 38. The van der Waals surface area contributed by atoms with Crippen molar-refractivity contribution in [2.45, 2.75) is 269 Å². The van der Waals surface area contributed by atoms with E-state index in [0.29, 0.717) is 10.8 Å². The zero-order valence-corrected chi connectivity index (χ0v) is 50.3. The van der Waals surface area contributed by atoms with E-state index in [1.54, 1.807) is 0 Å². The second kappa shape index (κ2) is 38.4. The first kappa shape index (κ1) is 63.9. The molecule has 0 radical (unpaired) electrons. The first-order chi connectivity index (χ1) is 32.9. The van der Waals surface area contributed by atoms with Gasteiger partial charge < -0.3 is 9.11 Å². The van der Waals surface area contributed by atoms with Gasteiger partial charge in [0.2, 0.25) is 0 Å². The van der Waals surface area contributed by atoms with E-state index in [2.05, 4.69) is 39.8 Å². The van der Waals surface area contributed by atoms with Gasteiger partial charge in [0.1, 0.15) is 20.2 Å². The van der Waals surface area contributed by atoms with Crippen molar-refractivity contribution in [2.75, 3.05) is 0 Å². The van der Waals surface area contributed by atoms with Gasteiger partial charge in [0.15, 0.2) is 0 Å². The molecule has 0 aliphatic heterocycles. The van der Waals surface area contributed by atoms with Crippen molar-refractivity contribution >= 4 is 90.7 Å². The summed E-state index contributed by atoms with van der Waals surface area (Å²) in [5.41, 5.74) is 4.58. The molecule has 4 rings (SSSR count). The molecule has 0 spiro atoms. The Labute approximate surface area is 463 Å². The maximum atomic E-state index is 11.9. The molecule has 4 aromatic rings. The zero-order chi connectivity index (χ0) is 49.3. The third-order valence-corrected chi connectivity index (χ3v) is 15.8. The first-order valence-electron chi connectivity index (χ1n) is 27.9. The first-order valence-corrected chi connectivity index (χ1v) is 30.8. The number of aryl methyl sites for hydroxylation is 4. The predicted octanol–water partition coefficient (Wildman–Crippen LogP) is 17.8. The normalized spacial score (nSPS) is 11.8. The quantitative estimate of drug-likeness (QED) is 0.0251. The van der Waals surface area contributed by atoms with Gasteiger partial charge >= 0.3 is 48.9 Å². The average molecular weight is 1110 g/mol. The topological polar surface area (TPSA) is 114 Å². The van der Waals surface area contributed by atoms with Crippen LogP contribution in [0.25, 0.3) is 21.5 Å². The second-order valence-corrected chi connectivity index (χ2v) is 22.7. The molecular formula is C60H94BaO6S2. The minimum atomic E-state index is -4.49. The maximum Gasteiger partial charge on any atom is 2.00 e. The predicted molar refractivity (Wildman–Crippen MR) is 295 cm³/mol.